The molecule has 1 heterocycles. The molecule has 2 heteroatoms. The third-order valence-corrected chi connectivity index (χ3v) is 2.40. The molecule has 1 nitrogen and oxygen atoms in total. The van der Waals surface area contributed by atoms with Gasteiger partial charge in [-0.25, -0.2) is 0 Å². The number of allylic oxidation sites excluding steroid dienone is 1. The molecule has 0 fully saturated rings. The summed E-state index contributed by atoms with van der Waals surface area (Å²) in [6.07, 6.45) is 8.08. The molecule has 0 aromatic rings. The van der Waals surface area contributed by atoms with Crippen molar-refractivity contribution in [3.05, 3.63) is 12.3 Å². The van der Waals surface area contributed by atoms with Crippen molar-refractivity contribution in [1.29, 1.82) is 0 Å². The first-order chi connectivity index (χ1) is 5.34. The molecule has 0 N–H and O–H groups in total. The maximum absolute atomic E-state index is 5.66. The smallest absolute Gasteiger partial charge is 0.0267 e. The van der Waals surface area contributed by atoms with E-state index in [1.165, 1.54) is 19.4 Å². The summed E-state index contributed by atoms with van der Waals surface area (Å²) in [6.45, 7) is 3.44. The molecule has 64 valence electrons. The molecule has 0 spiro atoms. The van der Waals surface area contributed by atoms with Crippen LogP contribution in [0.3, 0.4) is 0 Å². The highest BCUT2D eigenvalue weighted by atomic mass is 35.5. The van der Waals surface area contributed by atoms with Crippen LogP contribution in [0.2, 0.25) is 0 Å². The summed E-state index contributed by atoms with van der Waals surface area (Å²) in [5.74, 6) is 0.769. The standard InChI is InChI=1S/C9H16ClN/c1-9(5-6-10)11-7-3-2-4-8-11/h3,7,9H,2,4-6,8H2,1H3. The lowest BCUT2D eigenvalue weighted by Gasteiger charge is -2.29. The second kappa shape index (κ2) is 4.66. The van der Waals surface area contributed by atoms with Gasteiger partial charge >= 0.3 is 0 Å². The predicted octanol–water partition coefficient (Wildman–Crippen LogP) is 2.61. The van der Waals surface area contributed by atoms with Crippen molar-refractivity contribution < 1.29 is 0 Å². The highest BCUT2D eigenvalue weighted by Gasteiger charge is 2.10. The van der Waals surface area contributed by atoms with Gasteiger partial charge in [0.05, 0.1) is 0 Å². The number of rotatable bonds is 3. The van der Waals surface area contributed by atoms with E-state index >= 15 is 0 Å². The fraction of sp³-hybridized carbons (Fsp3) is 0.778. The van der Waals surface area contributed by atoms with Crippen LogP contribution >= 0.6 is 11.6 Å². The van der Waals surface area contributed by atoms with Gasteiger partial charge in [0.25, 0.3) is 0 Å². The lowest BCUT2D eigenvalue weighted by atomic mass is 10.1. The SMILES string of the molecule is CC(CCCl)N1C=CCCC1. The Bertz CT molecular complexity index is 134. The molecule has 0 aliphatic carbocycles. The molecule has 0 bridgehead atoms. The van der Waals surface area contributed by atoms with Gasteiger partial charge in [-0.1, -0.05) is 6.08 Å². The Morgan fingerprint density at radius 1 is 1.64 bits per heavy atom. The Morgan fingerprint density at radius 3 is 3.00 bits per heavy atom. The maximum atomic E-state index is 5.66. The van der Waals surface area contributed by atoms with Crippen LogP contribution in [0.15, 0.2) is 12.3 Å². The second-order valence-corrected chi connectivity index (χ2v) is 3.47. The number of halogens is 1. The Morgan fingerprint density at radius 2 is 2.45 bits per heavy atom. The maximum Gasteiger partial charge on any atom is 0.0267 e. The van der Waals surface area contributed by atoms with Crippen molar-refractivity contribution in [2.24, 2.45) is 0 Å². The normalized spacial score (nSPS) is 20.4. The molecule has 0 aromatic carbocycles. The third-order valence-electron chi connectivity index (χ3n) is 2.18. The van der Waals surface area contributed by atoms with E-state index in [4.69, 9.17) is 11.6 Å². The van der Waals surface area contributed by atoms with E-state index in [1.807, 2.05) is 0 Å². The van der Waals surface area contributed by atoms with Crippen molar-refractivity contribution in [3.63, 3.8) is 0 Å². The summed E-state index contributed by atoms with van der Waals surface area (Å²) < 4.78 is 0. The van der Waals surface area contributed by atoms with Crippen molar-refractivity contribution in [3.8, 4) is 0 Å². The molecule has 0 saturated carbocycles. The highest BCUT2D eigenvalue weighted by Crippen LogP contribution is 2.12. The van der Waals surface area contributed by atoms with Crippen LogP contribution in [0.5, 0.6) is 0 Å². The quantitative estimate of drug-likeness (QED) is 0.594. The number of hydrogen-bond donors (Lipinski definition) is 0. The molecule has 0 amide bonds. The molecule has 0 saturated heterocycles. The van der Waals surface area contributed by atoms with E-state index in [-0.39, 0.29) is 0 Å². The Kier molecular flexibility index (Phi) is 3.78. The van der Waals surface area contributed by atoms with E-state index in [0.29, 0.717) is 6.04 Å². The minimum Gasteiger partial charge on any atom is -0.375 e. The van der Waals surface area contributed by atoms with E-state index in [9.17, 15) is 0 Å². The fourth-order valence-corrected chi connectivity index (χ4v) is 1.68. The lowest BCUT2D eigenvalue weighted by Crippen LogP contribution is -2.30. The molecule has 1 rings (SSSR count). The van der Waals surface area contributed by atoms with Crippen molar-refractivity contribution in [2.75, 3.05) is 12.4 Å². The van der Waals surface area contributed by atoms with Gasteiger partial charge in [0.1, 0.15) is 0 Å². The monoisotopic (exact) mass is 173 g/mol. The Balaban J connectivity index is 2.32. The average molecular weight is 174 g/mol. The minimum absolute atomic E-state index is 0.615. The zero-order chi connectivity index (χ0) is 8.10. The van der Waals surface area contributed by atoms with Gasteiger partial charge in [-0.15, -0.1) is 11.6 Å². The molecule has 11 heavy (non-hydrogen) atoms. The molecule has 1 atom stereocenters. The fourth-order valence-electron chi connectivity index (χ4n) is 1.37. The van der Waals surface area contributed by atoms with Crippen LogP contribution in [0, 0.1) is 0 Å². The summed E-state index contributed by atoms with van der Waals surface area (Å²) in [5.41, 5.74) is 0. The number of nitrogens with zero attached hydrogens (tertiary/aromatic N) is 1. The molecule has 0 radical (unpaired) electrons. The molecule has 1 aliphatic rings. The van der Waals surface area contributed by atoms with Gasteiger partial charge in [-0.2, -0.15) is 0 Å². The Labute approximate surface area is 74.0 Å². The largest absolute Gasteiger partial charge is 0.375 e. The zero-order valence-corrected chi connectivity index (χ0v) is 7.85. The van der Waals surface area contributed by atoms with Gasteiger partial charge in [-0.3, -0.25) is 0 Å². The van der Waals surface area contributed by atoms with E-state index < -0.39 is 0 Å². The summed E-state index contributed by atoms with van der Waals surface area (Å²) >= 11 is 5.66. The molecule has 1 aliphatic heterocycles. The van der Waals surface area contributed by atoms with Crippen molar-refractivity contribution in [2.45, 2.75) is 32.2 Å². The first-order valence-corrected chi connectivity index (χ1v) is 4.86. The minimum atomic E-state index is 0.615. The van der Waals surface area contributed by atoms with E-state index in [2.05, 4.69) is 24.1 Å². The molecular weight excluding hydrogens is 158 g/mol. The highest BCUT2D eigenvalue weighted by molar-refractivity contribution is 6.17. The van der Waals surface area contributed by atoms with Gasteiger partial charge < -0.3 is 4.90 Å². The summed E-state index contributed by atoms with van der Waals surface area (Å²) in [5, 5.41) is 0. The third kappa shape index (κ3) is 2.74. The van der Waals surface area contributed by atoms with Gasteiger partial charge in [0.15, 0.2) is 0 Å². The van der Waals surface area contributed by atoms with Crippen LogP contribution in [0.1, 0.15) is 26.2 Å². The van der Waals surface area contributed by atoms with Crippen molar-refractivity contribution >= 4 is 11.6 Å². The van der Waals surface area contributed by atoms with Crippen molar-refractivity contribution in [1.82, 2.24) is 4.90 Å². The summed E-state index contributed by atoms with van der Waals surface area (Å²) in [4.78, 5) is 2.38. The van der Waals surface area contributed by atoms with Crippen LogP contribution in [-0.2, 0) is 0 Å². The average Bonchev–Trinajstić information content (AvgIpc) is 2.07. The topological polar surface area (TPSA) is 3.24 Å². The van der Waals surface area contributed by atoms with E-state index in [0.717, 1.165) is 12.3 Å². The van der Waals surface area contributed by atoms with E-state index in [1.54, 1.807) is 0 Å². The first kappa shape index (κ1) is 8.92. The predicted molar refractivity (Wildman–Crippen MR) is 49.9 cm³/mol. The first-order valence-electron chi connectivity index (χ1n) is 4.33. The van der Waals surface area contributed by atoms with Gasteiger partial charge in [0, 0.05) is 18.5 Å². The molecule has 0 aromatic heterocycles. The number of hydrogen-bond acceptors (Lipinski definition) is 1. The van der Waals surface area contributed by atoms with Crippen LogP contribution in [0.4, 0.5) is 0 Å². The van der Waals surface area contributed by atoms with Crippen LogP contribution in [0.25, 0.3) is 0 Å². The molecular formula is C9H16ClN. The van der Waals surface area contributed by atoms with Gasteiger partial charge in [-0.05, 0) is 32.4 Å². The van der Waals surface area contributed by atoms with Crippen LogP contribution in [-0.4, -0.2) is 23.4 Å². The Hall–Kier alpha value is -0.170. The van der Waals surface area contributed by atoms with Gasteiger partial charge in [0.2, 0.25) is 0 Å². The summed E-state index contributed by atoms with van der Waals surface area (Å²) in [6, 6.07) is 0.615. The zero-order valence-electron chi connectivity index (χ0n) is 7.09. The second-order valence-electron chi connectivity index (χ2n) is 3.09. The summed E-state index contributed by atoms with van der Waals surface area (Å²) in [7, 11) is 0. The lowest BCUT2D eigenvalue weighted by molar-refractivity contribution is 0.274. The molecule has 1 unspecified atom stereocenters. The van der Waals surface area contributed by atoms with Crippen LogP contribution < -0.4 is 0 Å². The number of alkyl halides is 1.